The van der Waals surface area contributed by atoms with Crippen LogP contribution in [-0.4, -0.2) is 49.5 Å². The summed E-state index contributed by atoms with van der Waals surface area (Å²) in [4.78, 5) is 16.8. The fraction of sp³-hybridized carbons (Fsp3) is 0.381. The Morgan fingerprint density at radius 1 is 1.19 bits per heavy atom. The van der Waals surface area contributed by atoms with Crippen molar-refractivity contribution in [2.75, 3.05) is 33.8 Å². The molecule has 0 radical (unpaired) electrons. The van der Waals surface area contributed by atoms with Gasteiger partial charge in [0.2, 0.25) is 5.91 Å². The van der Waals surface area contributed by atoms with Crippen molar-refractivity contribution in [1.82, 2.24) is 9.80 Å². The van der Waals surface area contributed by atoms with Crippen molar-refractivity contribution in [2.45, 2.75) is 18.9 Å². The number of methoxy groups -OCH3 is 1. The van der Waals surface area contributed by atoms with Gasteiger partial charge in [-0.15, -0.1) is 0 Å². The molecule has 0 bridgehead atoms. The number of carbonyl (C=O) groups is 1. The van der Waals surface area contributed by atoms with Crippen LogP contribution in [0.1, 0.15) is 23.6 Å². The van der Waals surface area contributed by atoms with Gasteiger partial charge >= 0.3 is 0 Å². The third-order valence-corrected chi connectivity index (χ3v) is 5.05. The van der Waals surface area contributed by atoms with Crippen molar-refractivity contribution in [1.29, 1.82) is 0 Å². The first kappa shape index (κ1) is 18.4. The smallest absolute Gasteiger partial charge is 0.223 e. The van der Waals surface area contributed by atoms with E-state index >= 15 is 0 Å². The molecule has 1 heterocycles. The molecule has 26 heavy (non-hydrogen) atoms. The fourth-order valence-electron chi connectivity index (χ4n) is 3.41. The Morgan fingerprint density at radius 2 is 2.00 bits per heavy atom. The fourth-order valence-corrected chi connectivity index (χ4v) is 3.41. The van der Waals surface area contributed by atoms with Gasteiger partial charge in [0.1, 0.15) is 11.6 Å². The number of amides is 1. The molecule has 0 N–H and O–H groups in total. The van der Waals surface area contributed by atoms with Crippen LogP contribution in [0.3, 0.4) is 0 Å². The number of nitrogens with zero attached hydrogens (tertiary/aromatic N) is 2. The maximum atomic E-state index is 13.7. The Kier molecular flexibility index (Phi) is 5.89. The molecular formula is C21H25FN2O2. The van der Waals surface area contributed by atoms with Crippen molar-refractivity contribution < 1.29 is 13.9 Å². The first-order valence-corrected chi connectivity index (χ1v) is 8.94. The van der Waals surface area contributed by atoms with E-state index in [1.807, 2.05) is 23.1 Å². The molecule has 2 aromatic carbocycles. The summed E-state index contributed by atoms with van der Waals surface area (Å²) in [5, 5.41) is 0. The SMILES string of the molecule is COc1cccc(C2CN(C(=O)CCc3ccccc3F)CCN2C)c1. The lowest BCUT2D eigenvalue weighted by molar-refractivity contribution is -0.134. The predicted molar refractivity (Wildman–Crippen MR) is 99.7 cm³/mol. The zero-order valence-electron chi connectivity index (χ0n) is 15.3. The van der Waals surface area contributed by atoms with Crippen molar-refractivity contribution >= 4 is 5.91 Å². The van der Waals surface area contributed by atoms with E-state index in [0.717, 1.165) is 17.9 Å². The van der Waals surface area contributed by atoms with Crippen molar-refractivity contribution in [3.63, 3.8) is 0 Å². The minimum atomic E-state index is -0.243. The minimum absolute atomic E-state index is 0.0780. The van der Waals surface area contributed by atoms with Crippen molar-refractivity contribution in [2.24, 2.45) is 0 Å². The van der Waals surface area contributed by atoms with Gasteiger partial charge in [-0.25, -0.2) is 4.39 Å². The molecule has 0 aromatic heterocycles. The van der Waals surface area contributed by atoms with Crippen LogP contribution < -0.4 is 4.74 Å². The Morgan fingerprint density at radius 3 is 2.77 bits per heavy atom. The molecule has 4 nitrogen and oxygen atoms in total. The van der Waals surface area contributed by atoms with Gasteiger partial charge in [0.25, 0.3) is 0 Å². The number of piperazine rings is 1. The van der Waals surface area contributed by atoms with Gasteiger partial charge in [0.05, 0.1) is 13.2 Å². The third kappa shape index (κ3) is 4.22. The largest absolute Gasteiger partial charge is 0.497 e. The molecule has 0 aliphatic carbocycles. The minimum Gasteiger partial charge on any atom is -0.497 e. The Bertz CT molecular complexity index is 765. The second kappa shape index (κ2) is 8.32. The number of benzene rings is 2. The number of ether oxygens (including phenoxy) is 1. The van der Waals surface area contributed by atoms with Crippen molar-refractivity contribution in [3.05, 3.63) is 65.5 Å². The van der Waals surface area contributed by atoms with E-state index < -0.39 is 0 Å². The lowest BCUT2D eigenvalue weighted by Gasteiger charge is -2.40. The van der Waals surface area contributed by atoms with E-state index in [2.05, 4.69) is 18.0 Å². The molecule has 0 spiro atoms. The summed E-state index contributed by atoms with van der Waals surface area (Å²) in [6, 6.07) is 14.8. The summed E-state index contributed by atoms with van der Waals surface area (Å²) >= 11 is 0. The van der Waals surface area contributed by atoms with Crippen LogP contribution in [0.5, 0.6) is 5.75 Å². The van der Waals surface area contributed by atoms with Gasteiger partial charge in [-0.1, -0.05) is 30.3 Å². The van der Waals surface area contributed by atoms with Crippen LogP contribution in [0.15, 0.2) is 48.5 Å². The highest BCUT2D eigenvalue weighted by atomic mass is 19.1. The van der Waals surface area contributed by atoms with E-state index in [0.29, 0.717) is 31.5 Å². The van der Waals surface area contributed by atoms with Crippen LogP contribution in [0.25, 0.3) is 0 Å². The number of aryl methyl sites for hydroxylation is 1. The third-order valence-electron chi connectivity index (χ3n) is 5.05. The number of halogens is 1. The van der Waals surface area contributed by atoms with Crippen molar-refractivity contribution in [3.8, 4) is 5.75 Å². The highest BCUT2D eigenvalue weighted by Crippen LogP contribution is 2.27. The lowest BCUT2D eigenvalue weighted by Crippen LogP contribution is -2.49. The average molecular weight is 356 g/mol. The average Bonchev–Trinajstić information content (AvgIpc) is 2.67. The molecule has 2 aromatic rings. The van der Waals surface area contributed by atoms with E-state index in [1.54, 1.807) is 25.3 Å². The van der Waals surface area contributed by atoms with E-state index in [1.165, 1.54) is 6.07 Å². The summed E-state index contributed by atoms with van der Waals surface area (Å²) in [5.74, 6) is 0.654. The predicted octanol–water partition coefficient (Wildman–Crippen LogP) is 3.28. The number of hydrogen-bond acceptors (Lipinski definition) is 3. The molecule has 138 valence electrons. The normalized spacial score (nSPS) is 18.0. The maximum absolute atomic E-state index is 13.7. The molecule has 5 heteroatoms. The highest BCUT2D eigenvalue weighted by Gasteiger charge is 2.28. The molecular weight excluding hydrogens is 331 g/mol. The van der Waals surface area contributed by atoms with Gasteiger partial charge in [-0.3, -0.25) is 9.69 Å². The Labute approximate surface area is 154 Å². The highest BCUT2D eigenvalue weighted by molar-refractivity contribution is 5.76. The maximum Gasteiger partial charge on any atom is 0.223 e. The first-order chi connectivity index (χ1) is 12.6. The second-order valence-corrected chi connectivity index (χ2v) is 6.70. The van der Waals surface area contributed by atoms with Crippen LogP contribution in [0.4, 0.5) is 4.39 Å². The van der Waals surface area contributed by atoms with Crippen LogP contribution >= 0.6 is 0 Å². The molecule has 0 saturated carbocycles. The van der Waals surface area contributed by atoms with Crippen LogP contribution in [-0.2, 0) is 11.2 Å². The number of rotatable bonds is 5. The standard InChI is InChI=1S/C21H25FN2O2/c1-23-12-13-24(15-20(23)17-7-5-8-18(14-17)26-2)21(25)11-10-16-6-3-4-9-19(16)22/h3-9,14,20H,10-13,15H2,1-2H3. The van der Waals surface area contributed by atoms with Crippen LogP contribution in [0.2, 0.25) is 0 Å². The lowest BCUT2D eigenvalue weighted by atomic mass is 10.0. The molecule has 1 saturated heterocycles. The molecule has 1 aliphatic heterocycles. The molecule has 1 fully saturated rings. The zero-order valence-corrected chi connectivity index (χ0v) is 15.3. The van der Waals surface area contributed by atoms with E-state index in [4.69, 9.17) is 4.74 Å². The van der Waals surface area contributed by atoms with Gasteiger partial charge in [-0.2, -0.15) is 0 Å². The van der Waals surface area contributed by atoms with E-state index in [-0.39, 0.29) is 17.8 Å². The second-order valence-electron chi connectivity index (χ2n) is 6.70. The van der Waals surface area contributed by atoms with Gasteiger partial charge in [0.15, 0.2) is 0 Å². The molecule has 1 amide bonds. The molecule has 1 atom stereocenters. The number of likely N-dealkylation sites (N-methyl/N-ethyl adjacent to an activating group) is 1. The van der Waals surface area contributed by atoms with Gasteiger partial charge in [-0.05, 0) is 42.8 Å². The van der Waals surface area contributed by atoms with Gasteiger partial charge < -0.3 is 9.64 Å². The zero-order chi connectivity index (χ0) is 18.5. The molecule has 1 unspecified atom stereocenters. The number of carbonyl (C=O) groups excluding carboxylic acids is 1. The Hall–Kier alpha value is -2.40. The Balaban J connectivity index is 1.65. The topological polar surface area (TPSA) is 32.8 Å². The number of hydrogen-bond donors (Lipinski definition) is 0. The monoisotopic (exact) mass is 356 g/mol. The summed E-state index contributed by atoms with van der Waals surface area (Å²) in [7, 11) is 3.73. The molecule has 1 aliphatic rings. The quantitative estimate of drug-likeness (QED) is 0.824. The summed E-state index contributed by atoms with van der Waals surface area (Å²) in [6.07, 6.45) is 0.761. The van der Waals surface area contributed by atoms with E-state index in [9.17, 15) is 9.18 Å². The summed E-state index contributed by atoms with van der Waals surface area (Å²) < 4.78 is 19.1. The summed E-state index contributed by atoms with van der Waals surface area (Å²) in [6.45, 7) is 2.15. The summed E-state index contributed by atoms with van der Waals surface area (Å²) in [5.41, 5.74) is 1.73. The van der Waals surface area contributed by atoms with Crippen LogP contribution in [0, 0.1) is 5.82 Å². The molecule has 3 rings (SSSR count). The first-order valence-electron chi connectivity index (χ1n) is 8.94. The van der Waals surface area contributed by atoms with Gasteiger partial charge in [0, 0.05) is 26.1 Å².